The van der Waals surface area contributed by atoms with Crippen LogP contribution in [0.4, 0.5) is 0 Å². The van der Waals surface area contributed by atoms with Gasteiger partial charge in [0, 0.05) is 16.7 Å². The molecular weight excluding hydrogens is 270 g/mol. The van der Waals surface area contributed by atoms with E-state index >= 15 is 0 Å². The fourth-order valence-corrected chi connectivity index (χ4v) is 3.13. The van der Waals surface area contributed by atoms with Crippen LogP contribution in [0.15, 0.2) is 21.3 Å². The van der Waals surface area contributed by atoms with Gasteiger partial charge in [-0.15, -0.1) is 11.3 Å². The number of hydrogen-bond donors (Lipinski definition) is 2. The van der Waals surface area contributed by atoms with E-state index in [2.05, 4.69) is 10.3 Å². The van der Waals surface area contributed by atoms with Crippen molar-refractivity contribution in [3.63, 3.8) is 0 Å². The molecule has 1 aromatic heterocycles. The number of rotatable bonds is 3. The van der Waals surface area contributed by atoms with Crippen molar-refractivity contribution in [2.45, 2.75) is 37.1 Å². The second-order valence-corrected chi connectivity index (χ2v) is 8.48. The molecule has 0 fully saturated rings. The van der Waals surface area contributed by atoms with Crippen molar-refractivity contribution in [3.8, 4) is 0 Å². The highest BCUT2D eigenvalue weighted by Gasteiger charge is 2.11. The highest BCUT2D eigenvalue weighted by atomic mass is 32.2. The Hall–Kier alpha value is -1.08. The second kappa shape index (κ2) is 5.27. The molecule has 0 aromatic carbocycles. The number of nitrogens with zero attached hydrogens (tertiary/aromatic N) is 1. The number of sulfone groups is 1. The van der Waals surface area contributed by atoms with Crippen LogP contribution in [-0.2, 0) is 16.4 Å². The van der Waals surface area contributed by atoms with Gasteiger partial charge >= 0.3 is 0 Å². The molecule has 1 aromatic rings. The van der Waals surface area contributed by atoms with Gasteiger partial charge in [0.15, 0.2) is 15.8 Å². The number of nitrogens with two attached hydrogens (primary N) is 1. The van der Waals surface area contributed by atoms with E-state index in [0.717, 1.165) is 4.88 Å². The van der Waals surface area contributed by atoms with Crippen LogP contribution in [0.1, 0.15) is 25.6 Å². The predicted octanol–water partition coefficient (Wildman–Crippen LogP) is 1.35. The summed E-state index contributed by atoms with van der Waals surface area (Å²) in [6.45, 7) is 6.35. The number of hydrogen-bond acceptors (Lipinski definition) is 4. The monoisotopic (exact) mass is 289 g/mol. The van der Waals surface area contributed by atoms with Crippen molar-refractivity contribution in [3.05, 3.63) is 17.0 Å². The minimum atomic E-state index is -3.13. The zero-order chi connectivity index (χ0) is 14.0. The number of thiophene rings is 1. The van der Waals surface area contributed by atoms with E-state index in [1.54, 1.807) is 12.1 Å². The van der Waals surface area contributed by atoms with Gasteiger partial charge in [0.25, 0.3) is 0 Å². The van der Waals surface area contributed by atoms with Crippen LogP contribution in [0.3, 0.4) is 0 Å². The molecule has 1 heterocycles. The van der Waals surface area contributed by atoms with Gasteiger partial charge in [0.2, 0.25) is 0 Å². The van der Waals surface area contributed by atoms with E-state index in [0.29, 0.717) is 16.7 Å². The molecule has 5 nitrogen and oxygen atoms in total. The summed E-state index contributed by atoms with van der Waals surface area (Å²) in [4.78, 5) is 5.04. The van der Waals surface area contributed by atoms with Crippen LogP contribution in [0.2, 0.25) is 0 Å². The van der Waals surface area contributed by atoms with Crippen LogP contribution in [0.25, 0.3) is 0 Å². The Bertz CT molecular complexity index is 539. The van der Waals surface area contributed by atoms with Crippen LogP contribution < -0.4 is 11.1 Å². The molecule has 0 saturated carbocycles. The fourth-order valence-electron chi connectivity index (χ4n) is 1.23. The largest absolute Gasteiger partial charge is 0.370 e. The van der Waals surface area contributed by atoms with Crippen LogP contribution in [-0.4, -0.2) is 26.2 Å². The maximum atomic E-state index is 11.3. The zero-order valence-corrected chi connectivity index (χ0v) is 12.7. The molecule has 0 bridgehead atoms. The first kappa shape index (κ1) is 15.0. The Labute approximate surface area is 112 Å². The molecule has 18 heavy (non-hydrogen) atoms. The molecular formula is C11H19N3O2S2. The van der Waals surface area contributed by atoms with Crippen molar-refractivity contribution in [2.75, 3.05) is 6.26 Å². The predicted molar refractivity (Wildman–Crippen MR) is 75.6 cm³/mol. The van der Waals surface area contributed by atoms with Crippen molar-refractivity contribution in [1.82, 2.24) is 5.32 Å². The third kappa shape index (κ3) is 5.05. The van der Waals surface area contributed by atoms with Gasteiger partial charge in [0.1, 0.15) is 4.21 Å². The van der Waals surface area contributed by atoms with Crippen LogP contribution in [0.5, 0.6) is 0 Å². The van der Waals surface area contributed by atoms with Crippen molar-refractivity contribution < 1.29 is 8.42 Å². The Kier molecular flexibility index (Phi) is 4.39. The van der Waals surface area contributed by atoms with Gasteiger partial charge in [-0.05, 0) is 32.9 Å². The maximum absolute atomic E-state index is 11.3. The summed E-state index contributed by atoms with van der Waals surface area (Å²) < 4.78 is 23.0. The first-order valence-electron chi connectivity index (χ1n) is 5.45. The first-order chi connectivity index (χ1) is 8.08. The minimum Gasteiger partial charge on any atom is -0.370 e. The van der Waals surface area contributed by atoms with Gasteiger partial charge in [-0.3, -0.25) is 0 Å². The van der Waals surface area contributed by atoms with Crippen LogP contribution in [0, 0.1) is 0 Å². The summed E-state index contributed by atoms with van der Waals surface area (Å²) in [7, 11) is -3.13. The molecule has 0 aliphatic carbocycles. The Morgan fingerprint density at radius 2 is 2.06 bits per heavy atom. The highest BCUT2D eigenvalue weighted by molar-refractivity contribution is 7.92. The van der Waals surface area contributed by atoms with Gasteiger partial charge in [-0.25, -0.2) is 13.4 Å². The first-order valence-corrected chi connectivity index (χ1v) is 8.15. The van der Waals surface area contributed by atoms with Gasteiger partial charge in [-0.2, -0.15) is 0 Å². The number of aliphatic imine (C=N–C) groups is 1. The summed E-state index contributed by atoms with van der Waals surface area (Å²) >= 11 is 1.22. The molecule has 102 valence electrons. The van der Waals surface area contributed by atoms with Crippen LogP contribution >= 0.6 is 11.3 Å². The molecule has 0 radical (unpaired) electrons. The molecule has 0 aliphatic rings. The summed E-state index contributed by atoms with van der Waals surface area (Å²) in [6.07, 6.45) is 1.20. The lowest BCUT2D eigenvalue weighted by Crippen LogP contribution is -2.44. The quantitative estimate of drug-likeness (QED) is 0.650. The zero-order valence-electron chi connectivity index (χ0n) is 11.0. The molecule has 0 unspecified atom stereocenters. The van der Waals surface area contributed by atoms with Crippen molar-refractivity contribution >= 4 is 27.1 Å². The normalized spacial score (nSPS) is 13.7. The van der Waals surface area contributed by atoms with E-state index in [1.807, 2.05) is 20.8 Å². The fraction of sp³-hybridized carbons (Fsp3) is 0.545. The summed E-state index contributed by atoms with van der Waals surface area (Å²) in [5.41, 5.74) is 5.59. The summed E-state index contributed by atoms with van der Waals surface area (Å²) in [5.74, 6) is 0.358. The van der Waals surface area contributed by atoms with E-state index < -0.39 is 9.84 Å². The summed E-state index contributed by atoms with van der Waals surface area (Å²) in [6, 6.07) is 3.35. The third-order valence-corrected chi connectivity index (χ3v) is 4.80. The lowest BCUT2D eigenvalue weighted by atomic mass is 10.1. The minimum absolute atomic E-state index is 0.138. The molecule has 0 atom stereocenters. The average Bonchev–Trinajstić information content (AvgIpc) is 2.59. The number of guanidine groups is 1. The van der Waals surface area contributed by atoms with Crippen molar-refractivity contribution in [1.29, 1.82) is 0 Å². The Morgan fingerprint density at radius 1 is 1.44 bits per heavy atom. The molecule has 0 spiro atoms. The molecule has 7 heteroatoms. The summed E-state index contributed by atoms with van der Waals surface area (Å²) in [5, 5.41) is 3.04. The molecule has 3 N–H and O–H groups in total. The van der Waals surface area contributed by atoms with E-state index in [-0.39, 0.29) is 5.54 Å². The highest BCUT2D eigenvalue weighted by Crippen LogP contribution is 2.21. The Morgan fingerprint density at radius 3 is 2.50 bits per heavy atom. The second-order valence-electron chi connectivity index (χ2n) is 5.07. The van der Waals surface area contributed by atoms with Gasteiger partial charge in [0.05, 0.1) is 6.54 Å². The van der Waals surface area contributed by atoms with E-state index in [4.69, 9.17) is 5.73 Å². The number of nitrogens with one attached hydrogen (secondary N) is 1. The Balaban J connectivity index is 2.70. The smallest absolute Gasteiger partial charge is 0.189 e. The SMILES string of the molecule is CC(C)(C)NC(N)=NCc1ccc(S(C)(=O)=O)s1. The van der Waals surface area contributed by atoms with Gasteiger partial charge < -0.3 is 11.1 Å². The maximum Gasteiger partial charge on any atom is 0.189 e. The average molecular weight is 289 g/mol. The van der Waals surface area contributed by atoms with E-state index in [9.17, 15) is 8.42 Å². The molecule has 0 aliphatic heterocycles. The molecule has 0 saturated heterocycles. The molecule has 0 amide bonds. The molecule has 1 rings (SSSR count). The van der Waals surface area contributed by atoms with E-state index in [1.165, 1.54) is 17.6 Å². The van der Waals surface area contributed by atoms with Crippen molar-refractivity contribution in [2.24, 2.45) is 10.7 Å². The standard InChI is InChI=1S/C11H19N3O2S2/c1-11(2,3)14-10(12)13-7-8-5-6-9(17-8)18(4,15)16/h5-6H,7H2,1-4H3,(H3,12,13,14). The lowest BCUT2D eigenvalue weighted by Gasteiger charge is -2.20. The third-order valence-electron chi connectivity index (χ3n) is 1.91. The lowest BCUT2D eigenvalue weighted by molar-refractivity contribution is 0.508. The van der Waals surface area contributed by atoms with Gasteiger partial charge in [-0.1, -0.05) is 0 Å². The topological polar surface area (TPSA) is 84.5 Å².